The molecule has 0 saturated carbocycles. The minimum Gasteiger partial charge on any atom is -0.462 e. The Hall–Kier alpha value is -1.94. The monoisotopic (exact) mass is 1550 g/mol. The fraction of sp³-hybridized carbons (Fsp3) is 0.954. The quantitative estimate of drug-likeness (QED) is 0.0222. The third kappa shape index (κ3) is 78.7. The normalized spacial score (nSPS) is 14.1. The lowest BCUT2D eigenvalue weighted by Gasteiger charge is -2.21. The SMILES string of the molecule is CCCCCCCCCCCCCCCCCCCCCCCC(=O)O[C@H](COC(=O)CCCCCCCCCCCCCCCCC(C)CC)COP(=O)(O)OC[C@@H](O)COP(=O)(O)OC[C@@H](COC(=O)CCCCCCCCCC(C)C)OC(=O)CCCCCCCCCCCCCCCCCCC. The van der Waals surface area contributed by atoms with Gasteiger partial charge in [-0.3, -0.25) is 37.3 Å². The van der Waals surface area contributed by atoms with Gasteiger partial charge in [-0.25, -0.2) is 9.13 Å². The molecule has 0 amide bonds. The lowest BCUT2D eigenvalue weighted by atomic mass is 9.99. The van der Waals surface area contributed by atoms with Crippen molar-refractivity contribution in [3.05, 3.63) is 0 Å². The van der Waals surface area contributed by atoms with Crippen molar-refractivity contribution in [2.75, 3.05) is 39.6 Å². The molecule has 106 heavy (non-hydrogen) atoms. The van der Waals surface area contributed by atoms with E-state index in [0.717, 1.165) is 102 Å². The number of carbonyl (C=O) groups excluding carboxylic acids is 4. The first-order chi connectivity index (χ1) is 51.4. The van der Waals surface area contributed by atoms with Gasteiger partial charge in [0, 0.05) is 25.7 Å². The highest BCUT2D eigenvalue weighted by molar-refractivity contribution is 7.47. The van der Waals surface area contributed by atoms with Crippen LogP contribution in [-0.2, 0) is 65.4 Å². The Kier molecular flexibility index (Phi) is 76.9. The molecule has 0 heterocycles. The van der Waals surface area contributed by atoms with Crippen LogP contribution in [-0.4, -0.2) is 96.7 Å². The van der Waals surface area contributed by atoms with Crippen LogP contribution in [0.2, 0.25) is 0 Å². The first kappa shape index (κ1) is 104. The van der Waals surface area contributed by atoms with Crippen LogP contribution in [0.1, 0.15) is 465 Å². The number of phosphoric acid groups is 2. The van der Waals surface area contributed by atoms with E-state index in [1.165, 1.54) is 276 Å². The Bertz CT molecular complexity index is 2030. The summed E-state index contributed by atoms with van der Waals surface area (Å²) in [5, 5.41) is 10.7. The molecular formula is C87H170O17P2. The Morgan fingerprint density at radius 1 is 0.274 bits per heavy atom. The maximum atomic E-state index is 13.2. The molecule has 0 aliphatic heterocycles. The molecule has 0 aromatic heterocycles. The van der Waals surface area contributed by atoms with E-state index in [2.05, 4.69) is 41.5 Å². The van der Waals surface area contributed by atoms with Crippen molar-refractivity contribution in [1.29, 1.82) is 0 Å². The summed E-state index contributed by atoms with van der Waals surface area (Å²) in [6, 6.07) is 0. The summed E-state index contributed by atoms with van der Waals surface area (Å²) in [5.74, 6) is -0.547. The first-order valence-electron chi connectivity index (χ1n) is 45.0. The van der Waals surface area contributed by atoms with Crippen LogP contribution < -0.4 is 0 Å². The molecule has 0 aromatic carbocycles. The minimum atomic E-state index is -4.97. The van der Waals surface area contributed by atoms with Crippen LogP contribution in [0.25, 0.3) is 0 Å². The summed E-state index contributed by atoms with van der Waals surface area (Å²) in [6.45, 7) is 9.68. The Balaban J connectivity index is 5.23. The van der Waals surface area contributed by atoms with E-state index in [1.54, 1.807) is 0 Å². The molecule has 0 bridgehead atoms. The van der Waals surface area contributed by atoms with Crippen LogP contribution in [0.5, 0.6) is 0 Å². The van der Waals surface area contributed by atoms with Crippen LogP contribution >= 0.6 is 15.6 Å². The lowest BCUT2D eigenvalue weighted by molar-refractivity contribution is -0.161. The van der Waals surface area contributed by atoms with Crippen molar-refractivity contribution in [2.45, 2.75) is 484 Å². The largest absolute Gasteiger partial charge is 0.472 e. The highest BCUT2D eigenvalue weighted by Gasteiger charge is 2.30. The van der Waals surface area contributed by atoms with Gasteiger partial charge in [-0.2, -0.15) is 0 Å². The van der Waals surface area contributed by atoms with Gasteiger partial charge in [0.1, 0.15) is 19.3 Å². The van der Waals surface area contributed by atoms with E-state index < -0.39 is 97.5 Å². The number of hydrogen-bond acceptors (Lipinski definition) is 15. The molecule has 0 spiro atoms. The Morgan fingerprint density at radius 3 is 0.717 bits per heavy atom. The summed E-state index contributed by atoms with van der Waals surface area (Å²) in [6.07, 6.45) is 70.9. The number of aliphatic hydroxyl groups excluding tert-OH is 1. The van der Waals surface area contributed by atoms with Gasteiger partial charge in [-0.1, -0.05) is 414 Å². The summed E-state index contributed by atoms with van der Waals surface area (Å²) >= 11 is 0. The average Bonchev–Trinajstić information content (AvgIpc) is 0.901. The summed E-state index contributed by atoms with van der Waals surface area (Å²) < 4.78 is 68.9. The van der Waals surface area contributed by atoms with Crippen molar-refractivity contribution in [2.24, 2.45) is 11.8 Å². The fourth-order valence-electron chi connectivity index (χ4n) is 13.6. The zero-order chi connectivity index (χ0) is 77.8. The number of unbranched alkanes of at least 4 members (excludes halogenated alkanes) is 55. The number of phosphoric ester groups is 2. The van der Waals surface area contributed by atoms with Gasteiger partial charge >= 0.3 is 39.5 Å². The molecular weight excluding hydrogens is 1380 g/mol. The number of rotatable bonds is 86. The smallest absolute Gasteiger partial charge is 0.462 e. The highest BCUT2D eigenvalue weighted by atomic mass is 31.2. The fourth-order valence-corrected chi connectivity index (χ4v) is 15.1. The molecule has 3 N–H and O–H groups in total. The Labute approximate surface area is 651 Å². The lowest BCUT2D eigenvalue weighted by Crippen LogP contribution is -2.30. The minimum absolute atomic E-state index is 0.108. The first-order valence-corrected chi connectivity index (χ1v) is 48.0. The maximum absolute atomic E-state index is 13.2. The molecule has 0 aliphatic carbocycles. The molecule has 0 fully saturated rings. The molecule has 0 rings (SSSR count). The molecule has 0 radical (unpaired) electrons. The molecule has 630 valence electrons. The van der Waals surface area contributed by atoms with Crippen LogP contribution in [0.4, 0.5) is 0 Å². The number of carbonyl (C=O) groups is 4. The number of hydrogen-bond donors (Lipinski definition) is 3. The number of aliphatic hydroxyl groups is 1. The highest BCUT2D eigenvalue weighted by Crippen LogP contribution is 2.45. The number of esters is 4. The van der Waals surface area contributed by atoms with Crippen LogP contribution in [0.3, 0.4) is 0 Å². The molecule has 0 aromatic rings. The van der Waals surface area contributed by atoms with Gasteiger partial charge < -0.3 is 33.8 Å². The average molecular weight is 1550 g/mol. The molecule has 3 unspecified atom stereocenters. The second-order valence-electron chi connectivity index (χ2n) is 32.0. The third-order valence-corrected chi connectivity index (χ3v) is 22.7. The molecule has 6 atom stereocenters. The van der Waals surface area contributed by atoms with Gasteiger partial charge in [0.2, 0.25) is 0 Å². The second kappa shape index (κ2) is 78.3. The van der Waals surface area contributed by atoms with Crippen molar-refractivity contribution >= 4 is 39.5 Å². The zero-order valence-electron chi connectivity index (χ0n) is 69.7. The topological polar surface area (TPSA) is 237 Å². The van der Waals surface area contributed by atoms with Gasteiger partial charge in [0.15, 0.2) is 12.2 Å². The molecule has 0 saturated heterocycles. The third-order valence-electron chi connectivity index (χ3n) is 20.8. The molecule has 19 heteroatoms. The standard InChI is InChI=1S/C87H170O17P2/c1-7-10-12-14-16-18-20-22-24-26-27-28-29-31-33-39-43-47-53-60-66-71-86(91)103-82(75-97-84(89)69-63-57-51-45-41-37-35-34-36-40-44-50-56-62-68-80(6)9-3)77-101-105(93,94)99-73-81(88)74-100-106(95,96)102-78-83(76-98-85(90)70-64-58-54-48-49-55-61-67-79(4)5)104-87(92)72-65-59-52-46-42-38-32-30-25-23-21-19-17-15-13-11-8-2/h79-83,88H,7-78H2,1-6H3,(H,93,94)(H,95,96)/t80?,81-,82-,83-/m1/s1. The summed E-state index contributed by atoms with van der Waals surface area (Å²) in [4.78, 5) is 73.2. The van der Waals surface area contributed by atoms with Crippen LogP contribution in [0, 0.1) is 11.8 Å². The van der Waals surface area contributed by atoms with Crippen molar-refractivity contribution < 1.29 is 80.2 Å². The van der Waals surface area contributed by atoms with Gasteiger partial charge in [0.05, 0.1) is 26.4 Å². The van der Waals surface area contributed by atoms with E-state index in [0.29, 0.717) is 31.6 Å². The molecule has 0 aliphatic rings. The predicted octanol–water partition coefficient (Wildman–Crippen LogP) is 26.6. The Morgan fingerprint density at radius 2 is 0.481 bits per heavy atom. The number of ether oxygens (including phenoxy) is 4. The van der Waals surface area contributed by atoms with Crippen molar-refractivity contribution in [3.63, 3.8) is 0 Å². The van der Waals surface area contributed by atoms with E-state index in [1.807, 2.05) is 0 Å². The molecule has 17 nitrogen and oxygen atoms in total. The van der Waals surface area contributed by atoms with Gasteiger partial charge in [0.25, 0.3) is 0 Å². The van der Waals surface area contributed by atoms with E-state index in [4.69, 9.17) is 37.0 Å². The van der Waals surface area contributed by atoms with Gasteiger partial charge in [-0.15, -0.1) is 0 Å². The second-order valence-corrected chi connectivity index (χ2v) is 34.9. The van der Waals surface area contributed by atoms with Crippen LogP contribution in [0.15, 0.2) is 0 Å². The van der Waals surface area contributed by atoms with Crippen molar-refractivity contribution in [1.82, 2.24) is 0 Å². The summed E-state index contributed by atoms with van der Waals surface area (Å²) in [5.41, 5.74) is 0. The maximum Gasteiger partial charge on any atom is 0.472 e. The van der Waals surface area contributed by atoms with Gasteiger partial charge in [-0.05, 0) is 37.5 Å². The summed E-state index contributed by atoms with van der Waals surface area (Å²) in [7, 11) is -9.93. The predicted molar refractivity (Wildman–Crippen MR) is 437 cm³/mol. The zero-order valence-corrected chi connectivity index (χ0v) is 71.5. The van der Waals surface area contributed by atoms with E-state index in [-0.39, 0.29) is 25.7 Å². The van der Waals surface area contributed by atoms with Crippen molar-refractivity contribution in [3.8, 4) is 0 Å². The van der Waals surface area contributed by atoms with E-state index >= 15 is 0 Å². The van der Waals surface area contributed by atoms with E-state index in [9.17, 15) is 43.2 Å².